The molecule has 4 heteroatoms. The van der Waals surface area contributed by atoms with Crippen LogP contribution in [0.4, 0.5) is 4.39 Å². The third-order valence-corrected chi connectivity index (χ3v) is 5.24. The van der Waals surface area contributed by atoms with E-state index < -0.39 is 5.60 Å². The number of hydrogen-bond acceptors (Lipinski definition) is 3. The minimum Gasteiger partial charge on any atom is -0.383 e. The second-order valence-electron chi connectivity index (χ2n) is 6.33. The summed E-state index contributed by atoms with van der Waals surface area (Å²) in [4.78, 5) is 4.16. The summed E-state index contributed by atoms with van der Waals surface area (Å²) in [5.41, 5.74) is 5.25. The first-order chi connectivity index (χ1) is 10.1. The Morgan fingerprint density at radius 1 is 1.24 bits per heavy atom. The van der Waals surface area contributed by atoms with Gasteiger partial charge in [-0.15, -0.1) is 0 Å². The molecule has 0 saturated heterocycles. The molecule has 3 N–H and O–H groups in total. The monoisotopic (exact) mass is 294 g/mol. The molecular weight excluding hydrogens is 267 g/mol. The van der Waals surface area contributed by atoms with Crippen LogP contribution in [-0.2, 0) is 5.60 Å². The third kappa shape index (κ3) is 3.11. The summed E-state index contributed by atoms with van der Waals surface area (Å²) < 4.78 is 13.1. The predicted molar refractivity (Wildman–Crippen MR) is 82.2 cm³/mol. The van der Waals surface area contributed by atoms with Gasteiger partial charge >= 0.3 is 0 Å². The molecule has 1 atom stereocenters. The van der Waals surface area contributed by atoms with Crippen LogP contribution >= 0.6 is 0 Å². The summed E-state index contributed by atoms with van der Waals surface area (Å²) in [6.07, 6.45) is 9.37. The summed E-state index contributed by atoms with van der Waals surface area (Å²) >= 11 is 0. The normalized spacial score (nSPS) is 22.1. The van der Waals surface area contributed by atoms with Gasteiger partial charge in [0, 0.05) is 12.0 Å². The number of rotatable bonds is 4. The van der Waals surface area contributed by atoms with Crippen molar-refractivity contribution in [2.75, 3.05) is 6.54 Å². The highest BCUT2D eigenvalue weighted by atomic mass is 19.1. The maximum atomic E-state index is 13.1. The Morgan fingerprint density at radius 3 is 2.33 bits per heavy atom. The molecular formula is C17H27FN2O. The van der Waals surface area contributed by atoms with Crippen molar-refractivity contribution in [2.24, 2.45) is 11.1 Å². The van der Waals surface area contributed by atoms with Gasteiger partial charge in [-0.3, -0.25) is 4.98 Å². The maximum absolute atomic E-state index is 13.1. The zero-order chi connectivity index (χ0) is 15.3. The zero-order valence-corrected chi connectivity index (χ0v) is 12.9. The van der Waals surface area contributed by atoms with Gasteiger partial charge in [0.1, 0.15) is 11.4 Å². The summed E-state index contributed by atoms with van der Waals surface area (Å²) in [6, 6.07) is 2.98. The van der Waals surface area contributed by atoms with Crippen molar-refractivity contribution in [3.63, 3.8) is 0 Å². The Hall–Kier alpha value is -1.00. The summed E-state index contributed by atoms with van der Waals surface area (Å²) in [7, 11) is 0. The van der Waals surface area contributed by atoms with Crippen molar-refractivity contribution >= 4 is 0 Å². The van der Waals surface area contributed by atoms with E-state index in [1.807, 2.05) is 6.92 Å². The van der Waals surface area contributed by atoms with E-state index in [0.29, 0.717) is 18.7 Å². The van der Waals surface area contributed by atoms with Crippen molar-refractivity contribution < 1.29 is 9.50 Å². The molecule has 0 radical (unpaired) electrons. The number of pyridine rings is 1. The van der Waals surface area contributed by atoms with Gasteiger partial charge in [0.25, 0.3) is 0 Å². The van der Waals surface area contributed by atoms with E-state index in [1.165, 1.54) is 31.5 Å². The number of halogens is 1. The lowest BCUT2D eigenvalue weighted by atomic mass is 9.62. The van der Waals surface area contributed by atoms with E-state index in [2.05, 4.69) is 4.98 Å². The fourth-order valence-electron chi connectivity index (χ4n) is 3.82. The highest BCUT2D eigenvalue weighted by Crippen LogP contribution is 2.49. The highest BCUT2D eigenvalue weighted by molar-refractivity contribution is 5.19. The Morgan fingerprint density at radius 2 is 1.86 bits per heavy atom. The highest BCUT2D eigenvalue weighted by Gasteiger charge is 2.49. The topological polar surface area (TPSA) is 59.1 Å². The first-order valence-electron chi connectivity index (χ1n) is 8.12. The average molecular weight is 294 g/mol. The largest absolute Gasteiger partial charge is 0.383 e. The number of hydrogen-bond donors (Lipinski definition) is 2. The Balaban J connectivity index is 2.40. The quantitative estimate of drug-likeness (QED) is 0.893. The molecule has 1 saturated carbocycles. The number of nitrogens with two attached hydrogens (primary N) is 1. The van der Waals surface area contributed by atoms with E-state index in [0.717, 1.165) is 25.7 Å². The summed E-state index contributed by atoms with van der Waals surface area (Å²) in [6.45, 7) is 2.40. The van der Waals surface area contributed by atoms with Crippen LogP contribution in [0.5, 0.6) is 0 Å². The molecule has 0 spiro atoms. The van der Waals surface area contributed by atoms with Crippen molar-refractivity contribution in [1.82, 2.24) is 4.98 Å². The summed E-state index contributed by atoms with van der Waals surface area (Å²) in [5.74, 6) is -0.378. The molecule has 21 heavy (non-hydrogen) atoms. The summed E-state index contributed by atoms with van der Waals surface area (Å²) in [5, 5.41) is 11.4. The molecule has 1 heterocycles. The van der Waals surface area contributed by atoms with Gasteiger partial charge < -0.3 is 10.8 Å². The Bertz CT molecular complexity index is 441. The Labute approximate surface area is 126 Å². The first-order valence-corrected chi connectivity index (χ1v) is 8.12. The number of aromatic nitrogens is 1. The molecule has 1 aromatic rings. The first kappa shape index (κ1) is 16.4. The van der Waals surface area contributed by atoms with E-state index >= 15 is 0 Å². The van der Waals surface area contributed by atoms with Crippen LogP contribution < -0.4 is 5.73 Å². The second kappa shape index (κ2) is 6.84. The lowest BCUT2D eigenvalue weighted by Gasteiger charge is -2.47. The van der Waals surface area contributed by atoms with Crippen LogP contribution in [0.15, 0.2) is 18.3 Å². The van der Waals surface area contributed by atoms with Crippen molar-refractivity contribution in [1.29, 1.82) is 0 Å². The van der Waals surface area contributed by atoms with Crippen molar-refractivity contribution in [2.45, 2.75) is 63.9 Å². The van der Waals surface area contributed by atoms with Crippen LogP contribution in [0.2, 0.25) is 0 Å². The molecule has 1 aliphatic carbocycles. The standard InChI is InChI=1S/C17H27FN2O/c1-2-17(21,15-9-8-14(18)12-20-15)16(13-19)10-6-4-3-5-7-11-16/h8-9,12,21H,2-7,10-11,13,19H2,1H3. The van der Waals surface area contributed by atoms with E-state index in [9.17, 15) is 9.50 Å². The zero-order valence-electron chi connectivity index (χ0n) is 12.9. The van der Waals surface area contributed by atoms with Crippen LogP contribution in [0.3, 0.4) is 0 Å². The van der Waals surface area contributed by atoms with Crippen molar-refractivity contribution in [3.8, 4) is 0 Å². The molecule has 0 aliphatic heterocycles. The molecule has 1 aromatic heterocycles. The molecule has 1 unspecified atom stereocenters. The van der Waals surface area contributed by atoms with Gasteiger partial charge in [-0.25, -0.2) is 4.39 Å². The van der Waals surface area contributed by atoms with Gasteiger partial charge in [0.15, 0.2) is 0 Å². The lowest BCUT2D eigenvalue weighted by Crippen LogP contribution is -2.51. The van der Waals surface area contributed by atoms with Crippen LogP contribution in [-0.4, -0.2) is 16.6 Å². The molecule has 1 aliphatic rings. The molecule has 3 nitrogen and oxygen atoms in total. The van der Waals surface area contributed by atoms with Gasteiger partial charge in [-0.05, 0) is 31.4 Å². The smallest absolute Gasteiger partial charge is 0.141 e. The average Bonchev–Trinajstić information content (AvgIpc) is 2.47. The van der Waals surface area contributed by atoms with Crippen LogP contribution in [0, 0.1) is 11.2 Å². The number of aliphatic hydroxyl groups is 1. The maximum Gasteiger partial charge on any atom is 0.141 e. The minimum absolute atomic E-state index is 0.354. The van der Waals surface area contributed by atoms with Gasteiger partial charge in [-0.1, -0.05) is 39.0 Å². The lowest BCUT2D eigenvalue weighted by molar-refractivity contribution is -0.107. The molecule has 0 aromatic carbocycles. The molecule has 2 rings (SSSR count). The number of nitrogens with zero attached hydrogens (tertiary/aromatic N) is 1. The molecule has 118 valence electrons. The fraction of sp³-hybridized carbons (Fsp3) is 0.706. The Kier molecular flexibility index (Phi) is 5.33. The van der Waals surface area contributed by atoms with E-state index in [1.54, 1.807) is 6.07 Å². The minimum atomic E-state index is -1.08. The molecule has 0 amide bonds. The fourth-order valence-corrected chi connectivity index (χ4v) is 3.82. The molecule has 1 fully saturated rings. The molecule has 0 bridgehead atoms. The van der Waals surface area contributed by atoms with Crippen molar-refractivity contribution in [3.05, 3.63) is 29.8 Å². The van der Waals surface area contributed by atoms with Gasteiger partial charge in [0.2, 0.25) is 0 Å². The van der Waals surface area contributed by atoms with Crippen LogP contribution in [0.1, 0.15) is 64.0 Å². The second-order valence-corrected chi connectivity index (χ2v) is 6.33. The van der Waals surface area contributed by atoms with E-state index in [4.69, 9.17) is 5.73 Å². The predicted octanol–water partition coefficient (Wildman–Crippen LogP) is 3.51. The van der Waals surface area contributed by atoms with E-state index in [-0.39, 0.29) is 11.2 Å². The van der Waals surface area contributed by atoms with Crippen LogP contribution in [0.25, 0.3) is 0 Å². The SMILES string of the molecule is CCC(O)(c1ccc(F)cn1)C1(CN)CCCCCCC1. The van der Waals surface area contributed by atoms with Gasteiger partial charge in [0.05, 0.1) is 11.9 Å². The van der Waals surface area contributed by atoms with Gasteiger partial charge in [-0.2, -0.15) is 0 Å². The third-order valence-electron chi connectivity index (χ3n) is 5.24.